The van der Waals surface area contributed by atoms with Crippen molar-refractivity contribution in [1.82, 2.24) is 9.97 Å². The first kappa shape index (κ1) is 22.8. The highest BCUT2D eigenvalue weighted by atomic mass is 19.3. The number of aromatic nitrogens is 2. The van der Waals surface area contributed by atoms with Gasteiger partial charge in [-0.3, -0.25) is 4.98 Å². The molecule has 2 saturated carbocycles. The quantitative estimate of drug-likeness (QED) is 0.250. The molecule has 5 aromatic rings. The first-order chi connectivity index (χ1) is 17.9. The minimum absolute atomic E-state index is 0.0202. The average molecular weight is 497 g/mol. The molecule has 0 amide bonds. The van der Waals surface area contributed by atoms with E-state index in [0.717, 1.165) is 68.0 Å². The van der Waals surface area contributed by atoms with Crippen molar-refractivity contribution in [2.24, 2.45) is 0 Å². The van der Waals surface area contributed by atoms with Crippen molar-refractivity contribution in [3.05, 3.63) is 71.0 Å². The Kier molecular flexibility index (Phi) is 5.14. The van der Waals surface area contributed by atoms with Crippen LogP contribution in [0.1, 0.15) is 79.2 Å². The van der Waals surface area contributed by atoms with E-state index >= 15 is 0 Å². The maximum atomic E-state index is 14.1. The second kappa shape index (κ2) is 8.34. The van der Waals surface area contributed by atoms with Crippen LogP contribution in [0.2, 0.25) is 0 Å². The van der Waals surface area contributed by atoms with Gasteiger partial charge in [0.1, 0.15) is 5.58 Å². The van der Waals surface area contributed by atoms with Crippen LogP contribution in [0.4, 0.5) is 8.78 Å². The number of alkyl halides is 2. The van der Waals surface area contributed by atoms with Crippen LogP contribution in [0.3, 0.4) is 0 Å². The van der Waals surface area contributed by atoms with Crippen LogP contribution in [0, 0.1) is 13.8 Å². The molecule has 2 aliphatic carbocycles. The first-order valence-electron chi connectivity index (χ1n) is 13.5. The molecule has 5 heteroatoms. The highest BCUT2D eigenvalue weighted by Gasteiger charge is 2.40. The molecule has 0 radical (unpaired) electrons. The summed E-state index contributed by atoms with van der Waals surface area (Å²) < 4.78 is 34.5. The molecule has 3 heterocycles. The molecule has 2 fully saturated rings. The SMILES string of the molecule is Cc1cc(-c2ncc(C3CCCC3)c3cc(C4CCC(F)(F)C4)ccc23)c2oc3nc(C)ccc3c2c1. The molecule has 7 rings (SSSR count). The van der Waals surface area contributed by atoms with Gasteiger partial charge in [-0.1, -0.05) is 31.0 Å². The minimum atomic E-state index is -2.56. The lowest BCUT2D eigenvalue weighted by molar-refractivity contribution is 0.00777. The Balaban J connectivity index is 1.46. The molecule has 0 bridgehead atoms. The Hall–Kier alpha value is -3.34. The molecule has 0 aliphatic heterocycles. The van der Waals surface area contributed by atoms with Crippen LogP contribution in [-0.2, 0) is 0 Å². The van der Waals surface area contributed by atoms with E-state index in [-0.39, 0.29) is 18.8 Å². The smallest absolute Gasteiger partial charge is 0.248 e. The number of hydrogen-bond acceptors (Lipinski definition) is 3. The van der Waals surface area contributed by atoms with Gasteiger partial charge in [0.15, 0.2) is 0 Å². The summed E-state index contributed by atoms with van der Waals surface area (Å²) in [5.41, 5.74) is 7.59. The summed E-state index contributed by atoms with van der Waals surface area (Å²) in [6.45, 7) is 4.06. The average Bonchev–Trinajstić information content (AvgIpc) is 3.61. The lowest BCUT2D eigenvalue weighted by atomic mass is 9.88. The summed E-state index contributed by atoms with van der Waals surface area (Å²) in [4.78, 5) is 9.68. The molecule has 0 saturated heterocycles. The van der Waals surface area contributed by atoms with Gasteiger partial charge < -0.3 is 4.42 Å². The predicted molar refractivity (Wildman–Crippen MR) is 144 cm³/mol. The normalized spacial score (nSPS) is 20.1. The number of halogens is 2. The zero-order valence-corrected chi connectivity index (χ0v) is 21.3. The minimum Gasteiger partial charge on any atom is -0.437 e. The summed E-state index contributed by atoms with van der Waals surface area (Å²) in [7, 11) is 0. The highest BCUT2D eigenvalue weighted by Crippen LogP contribution is 2.47. The van der Waals surface area contributed by atoms with E-state index in [1.165, 1.54) is 18.4 Å². The third kappa shape index (κ3) is 3.82. The van der Waals surface area contributed by atoms with E-state index in [2.05, 4.69) is 48.3 Å². The second-order valence-electron chi connectivity index (χ2n) is 11.2. The summed E-state index contributed by atoms with van der Waals surface area (Å²) in [5, 5.41) is 4.26. The van der Waals surface area contributed by atoms with E-state index in [9.17, 15) is 8.78 Å². The predicted octanol–water partition coefficient (Wildman–Crippen LogP) is 9.37. The van der Waals surface area contributed by atoms with Crippen molar-refractivity contribution in [2.45, 2.75) is 76.6 Å². The number of benzene rings is 2. The molecular weight excluding hydrogens is 466 g/mol. The monoisotopic (exact) mass is 496 g/mol. The lowest BCUT2D eigenvalue weighted by Crippen LogP contribution is -2.09. The maximum Gasteiger partial charge on any atom is 0.248 e. The zero-order valence-electron chi connectivity index (χ0n) is 21.3. The van der Waals surface area contributed by atoms with Gasteiger partial charge in [0.25, 0.3) is 0 Å². The Morgan fingerprint density at radius 2 is 1.68 bits per heavy atom. The highest BCUT2D eigenvalue weighted by molar-refractivity contribution is 6.11. The van der Waals surface area contributed by atoms with E-state index < -0.39 is 5.92 Å². The third-order valence-electron chi connectivity index (χ3n) is 8.59. The number of nitrogens with zero attached hydrogens (tertiary/aromatic N) is 2. The molecule has 3 nitrogen and oxygen atoms in total. The molecule has 188 valence electrons. The van der Waals surface area contributed by atoms with E-state index in [1.54, 1.807) is 0 Å². The van der Waals surface area contributed by atoms with Gasteiger partial charge in [0.2, 0.25) is 11.6 Å². The largest absolute Gasteiger partial charge is 0.437 e. The first-order valence-corrected chi connectivity index (χ1v) is 13.5. The van der Waals surface area contributed by atoms with Crippen molar-refractivity contribution in [2.75, 3.05) is 0 Å². The fourth-order valence-corrected chi connectivity index (χ4v) is 6.72. The van der Waals surface area contributed by atoms with Gasteiger partial charge in [-0.2, -0.15) is 0 Å². The van der Waals surface area contributed by atoms with Crippen LogP contribution in [0.15, 0.2) is 53.1 Å². The van der Waals surface area contributed by atoms with Crippen LogP contribution in [0.5, 0.6) is 0 Å². The number of aryl methyl sites for hydroxylation is 2. The number of hydrogen-bond donors (Lipinski definition) is 0. The number of fused-ring (bicyclic) bond motifs is 4. The summed E-state index contributed by atoms with van der Waals surface area (Å²) in [6, 6.07) is 14.7. The van der Waals surface area contributed by atoms with Crippen molar-refractivity contribution >= 4 is 32.8 Å². The fraction of sp³-hybridized carbons (Fsp3) is 0.375. The Morgan fingerprint density at radius 1 is 0.865 bits per heavy atom. The van der Waals surface area contributed by atoms with Crippen LogP contribution < -0.4 is 0 Å². The third-order valence-corrected chi connectivity index (χ3v) is 8.59. The van der Waals surface area contributed by atoms with Crippen LogP contribution in [0.25, 0.3) is 44.1 Å². The summed E-state index contributed by atoms with van der Waals surface area (Å²) >= 11 is 0. The fourth-order valence-electron chi connectivity index (χ4n) is 6.72. The number of pyridine rings is 2. The number of rotatable bonds is 3. The van der Waals surface area contributed by atoms with Gasteiger partial charge in [-0.25, -0.2) is 13.8 Å². The molecule has 3 aromatic heterocycles. The van der Waals surface area contributed by atoms with E-state index in [1.807, 2.05) is 19.2 Å². The summed E-state index contributed by atoms with van der Waals surface area (Å²) in [5.74, 6) is -2.18. The molecule has 0 spiro atoms. The van der Waals surface area contributed by atoms with E-state index in [0.29, 0.717) is 18.1 Å². The van der Waals surface area contributed by atoms with Gasteiger partial charge >= 0.3 is 0 Å². The van der Waals surface area contributed by atoms with Crippen molar-refractivity contribution < 1.29 is 13.2 Å². The van der Waals surface area contributed by atoms with Crippen LogP contribution >= 0.6 is 0 Å². The van der Waals surface area contributed by atoms with Gasteiger partial charge in [0.05, 0.1) is 5.69 Å². The van der Waals surface area contributed by atoms with E-state index in [4.69, 9.17) is 9.40 Å². The molecule has 37 heavy (non-hydrogen) atoms. The standard InChI is InChI=1S/C32H30F2N2O/c1-18-13-26-24-9-7-19(2)36-31(24)37-30(26)27(14-18)29-23-10-8-21(22-11-12-32(33,34)16-22)15-25(23)28(17-35-29)20-5-3-4-6-20/h7-10,13-15,17,20,22H,3-6,11-12,16H2,1-2H3. The Labute approximate surface area is 214 Å². The Bertz CT molecular complexity index is 1680. The van der Waals surface area contributed by atoms with Gasteiger partial charge in [-0.05, 0) is 91.3 Å². The lowest BCUT2D eigenvalue weighted by Gasteiger charge is -2.18. The molecule has 2 aromatic carbocycles. The molecule has 1 atom stereocenters. The molecule has 2 aliphatic rings. The number of furan rings is 1. The second-order valence-corrected chi connectivity index (χ2v) is 11.2. The van der Waals surface area contributed by atoms with Crippen molar-refractivity contribution in [3.8, 4) is 11.3 Å². The van der Waals surface area contributed by atoms with Crippen molar-refractivity contribution in [1.29, 1.82) is 0 Å². The van der Waals surface area contributed by atoms with Gasteiger partial charge in [0, 0.05) is 46.5 Å². The van der Waals surface area contributed by atoms with Crippen LogP contribution in [-0.4, -0.2) is 15.9 Å². The Morgan fingerprint density at radius 3 is 2.46 bits per heavy atom. The maximum absolute atomic E-state index is 14.1. The molecule has 1 unspecified atom stereocenters. The zero-order chi connectivity index (χ0) is 25.3. The van der Waals surface area contributed by atoms with Gasteiger partial charge in [-0.15, -0.1) is 0 Å². The summed E-state index contributed by atoms with van der Waals surface area (Å²) in [6.07, 6.45) is 7.28. The topological polar surface area (TPSA) is 38.9 Å². The molecular formula is C32H30F2N2O. The molecule has 0 N–H and O–H groups in total. The van der Waals surface area contributed by atoms with Crippen molar-refractivity contribution in [3.63, 3.8) is 0 Å².